The van der Waals surface area contributed by atoms with Gasteiger partial charge in [-0.05, 0) is 36.4 Å². The number of carbonyl (C=O) groups excluding carboxylic acids is 1. The van der Waals surface area contributed by atoms with Gasteiger partial charge in [0.2, 0.25) is 4.21 Å². The molecule has 1 unspecified atom stereocenters. The van der Waals surface area contributed by atoms with E-state index >= 15 is 0 Å². The normalized spacial score (nSPS) is 16.0. The van der Waals surface area contributed by atoms with Crippen molar-refractivity contribution in [3.8, 4) is 5.75 Å². The Morgan fingerprint density at radius 1 is 1.42 bits per heavy atom. The number of aromatic hydroxyl groups is 1. The zero-order valence-corrected chi connectivity index (χ0v) is 18.6. The third-order valence-electron chi connectivity index (χ3n) is 4.58. The first kappa shape index (κ1) is 22.9. The van der Waals surface area contributed by atoms with Crippen molar-refractivity contribution in [3.05, 3.63) is 75.3 Å². The highest BCUT2D eigenvalue weighted by Gasteiger charge is 2.30. The molecule has 10 heteroatoms. The van der Waals surface area contributed by atoms with Gasteiger partial charge in [0.05, 0.1) is 6.33 Å². The molecule has 2 N–H and O–H groups in total. The number of hydrogen-bond donors (Lipinski definition) is 2. The van der Waals surface area contributed by atoms with E-state index in [-0.39, 0.29) is 17.9 Å². The quantitative estimate of drug-likeness (QED) is 0.483. The largest absolute Gasteiger partial charge is 0.587 e. The number of anilines is 1. The monoisotopic (exact) mass is 463 g/mol. The van der Waals surface area contributed by atoms with Crippen LogP contribution in [0.4, 0.5) is 10.1 Å². The Balaban J connectivity index is 1.88. The van der Waals surface area contributed by atoms with Gasteiger partial charge in [-0.1, -0.05) is 29.6 Å². The fourth-order valence-corrected chi connectivity index (χ4v) is 4.92. The van der Waals surface area contributed by atoms with Crippen molar-refractivity contribution in [2.75, 3.05) is 17.8 Å². The minimum absolute atomic E-state index is 0.0487. The highest BCUT2D eigenvalue weighted by Crippen LogP contribution is 2.25. The highest BCUT2D eigenvalue weighted by molar-refractivity contribution is 7.94. The predicted octanol–water partition coefficient (Wildman–Crippen LogP) is 3.58. The van der Waals surface area contributed by atoms with E-state index in [1.54, 1.807) is 42.7 Å². The smallest absolute Gasteiger partial charge is 0.274 e. The number of halogens is 1. The van der Waals surface area contributed by atoms with Gasteiger partial charge in [-0.2, -0.15) is 4.72 Å². The average molecular weight is 464 g/mol. The van der Waals surface area contributed by atoms with Gasteiger partial charge in [-0.3, -0.25) is 9.59 Å². The van der Waals surface area contributed by atoms with Gasteiger partial charge < -0.3 is 19.1 Å². The Bertz CT molecular complexity index is 1110. The van der Waals surface area contributed by atoms with Crippen molar-refractivity contribution in [1.29, 1.82) is 0 Å². The van der Waals surface area contributed by atoms with Crippen LogP contribution in [0.2, 0.25) is 0 Å². The molecule has 0 aromatic carbocycles. The van der Waals surface area contributed by atoms with E-state index in [0.29, 0.717) is 34.8 Å². The van der Waals surface area contributed by atoms with E-state index in [1.165, 1.54) is 27.0 Å². The summed E-state index contributed by atoms with van der Waals surface area (Å²) in [7, 11) is 0. The van der Waals surface area contributed by atoms with Crippen LogP contribution < -0.4 is 10.2 Å². The SMILES string of the molecule is C\C=C/C(=C\C(C)=C\F)CN1CCn2cc(N[S+]([O-])c3cccs3)c(=O)c(O)c2C1=O. The Hall–Kier alpha value is -2.82. The van der Waals surface area contributed by atoms with E-state index in [9.17, 15) is 23.6 Å². The van der Waals surface area contributed by atoms with Crippen molar-refractivity contribution >= 4 is 34.3 Å². The maximum absolute atomic E-state index is 13.0. The average Bonchev–Trinajstić information content (AvgIpc) is 3.28. The van der Waals surface area contributed by atoms with Crippen molar-refractivity contribution < 1.29 is 18.8 Å². The van der Waals surface area contributed by atoms with Crippen molar-refractivity contribution in [2.24, 2.45) is 0 Å². The molecule has 3 heterocycles. The Kier molecular flexibility index (Phi) is 7.37. The molecule has 1 aliphatic heterocycles. The fourth-order valence-electron chi connectivity index (χ4n) is 3.18. The van der Waals surface area contributed by atoms with Gasteiger partial charge in [0, 0.05) is 31.9 Å². The molecule has 2 aromatic rings. The van der Waals surface area contributed by atoms with Gasteiger partial charge in [-0.15, -0.1) is 0 Å². The zero-order valence-electron chi connectivity index (χ0n) is 17.0. The van der Waals surface area contributed by atoms with Crippen molar-refractivity contribution in [2.45, 2.75) is 24.6 Å². The van der Waals surface area contributed by atoms with Gasteiger partial charge in [0.1, 0.15) is 17.0 Å². The summed E-state index contributed by atoms with van der Waals surface area (Å²) in [6.07, 6.45) is 7.07. The van der Waals surface area contributed by atoms with Crippen LogP contribution in [0.25, 0.3) is 0 Å². The molecule has 1 atom stereocenters. The molecule has 0 saturated heterocycles. The molecule has 7 nitrogen and oxygen atoms in total. The van der Waals surface area contributed by atoms with Crippen LogP contribution in [0.3, 0.4) is 0 Å². The Labute approximate surface area is 186 Å². The second-order valence-corrected chi connectivity index (χ2v) is 9.25. The molecular formula is C21H22FN3O4S2. The Morgan fingerprint density at radius 2 is 2.19 bits per heavy atom. The molecular weight excluding hydrogens is 441 g/mol. The Morgan fingerprint density at radius 3 is 2.84 bits per heavy atom. The molecule has 164 valence electrons. The zero-order chi connectivity index (χ0) is 22.5. The molecule has 1 amide bonds. The predicted molar refractivity (Wildman–Crippen MR) is 120 cm³/mol. The number of nitrogens with zero attached hydrogens (tertiary/aromatic N) is 2. The third kappa shape index (κ3) is 5.09. The lowest BCUT2D eigenvalue weighted by Gasteiger charge is -2.31. The molecule has 2 aromatic heterocycles. The molecule has 1 aliphatic rings. The topological polar surface area (TPSA) is 97.6 Å². The number of thiophene rings is 1. The maximum Gasteiger partial charge on any atom is 0.274 e. The standard InChI is InChI=1S/C21H22FN3O4S2/c1-3-5-15(10-14(2)11-22)12-25-8-7-24-13-16(19(26)20(27)18(24)21(25)28)23-31(29)17-6-4-9-30-17/h3-6,9-11,13,23,27H,7-8,12H2,1-2H3/b5-3-,14-11+,15-10+. The van der Waals surface area contributed by atoms with E-state index in [2.05, 4.69) is 4.72 Å². The summed E-state index contributed by atoms with van der Waals surface area (Å²) in [6, 6.07) is 3.41. The van der Waals surface area contributed by atoms with Gasteiger partial charge in [0.25, 0.3) is 11.3 Å². The van der Waals surface area contributed by atoms with Crippen LogP contribution >= 0.6 is 11.3 Å². The summed E-state index contributed by atoms with van der Waals surface area (Å²) in [5, 5.41) is 12.2. The number of fused-ring (bicyclic) bond motifs is 1. The first-order valence-corrected chi connectivity index (χ1v) is 11.5. The summed E-state index contributed by atoms with van der Waals surface area (Å²) in [6.45, 7) is 4.28. The van der Waals surface area contributed by atoms with E-state index in [1.807, 2.05) is 6.92 Å². The highest BCUT2D eigenvalue weighted by atomic mass is 32.2. The van der Waals surface area contributed by atoms with E-state index in [4.69, 9.17) is 0 Å². The molecule has 0 spiro atoms. The minimum Gasteiger partial charge on any atom is -0.587 e. The second-order valence-electron chi connectivity index (χ2n) is 6.86. The molecule has 0 bridgehead atoms. The fraction of sp³-hybridized carbons (Fsp3) is 0.238. The van der Waals surface area contributed by atoms with Crippen LogP contribution in [-0.2, 0) is 17.9 Å². The lowest BCUT2D eigenvalue weighted by molar-refractivity contribution is 0.0715. The third-order valence-corrected chi connectivity index (χ3v) is 6.89. The van der Waals surface area contributed by atoms with Crippen LogP contribution in [0, 0.1) is 0 Å². The lowest BCUT2D eigenvalue weighted by atomic mass is 10.1. The number of pyridine rings is 1. The van der Waals surface area contributed by atoms with Gasteiger partial charge >= 0.3 is 0 Å². The number of hydrogen-bond acceptors (Lipinski definition) is 6. The van der Waals surface area contributed by atoms with Crippen LogP contribution in [0.15, 0.2) is 68.4 Å². The lowest BCUT2D eigenvalue weighted by Crippen LogP contribution is -2.42. The van der Waals surface area contributed by atoms with Crippen LogP contribution in [0.5, 0.6) is 5.75 Å². The van der Waals surface area contributed by atoms with Crippen molar-refractivity contribution in [1.82, 2.24) is 9.47 Å². The molecule has 31 heavy (non-hydrogen) atoms. The molecule has 0 fully saturated rings. The molecule has 0 saturated carbocycles. The number of allylic oxidation sites excluding steroid dienone is 3. The van der Waals surface area contributed by atoms with Crippen molar-refractivity contribution in [3.63, 3.8) is 0 Å². The van der Waals surface area contributed by atoms with Gasteiger partial charge in [0.15, 0.2) is 11.4 Å². The summed E-state index contributed by atoms with van der Waals surface area (Å²) in [5.41, 5.74) is 0.147. The summed E-state index contributed by atoms with van der Waals surface area (Å²) >= 11 is -0.386. The maximum atomic E-state index is 13.0. The molecule has 0 aliphatic carbocycles. The first-order valence-electron chi connectivity index (χ1n) is 9.43. The van der Waals surface area contributed by atoms with Crippen LogP contribution in [0.1, 0.15) is 24.3 Å². The number of aromatic nitrogens is 1. The number of rotatable bonds is 7. The second kappa shape index (κ2) is 9.99. The number of carbonyl (C=O) groups is 1. The first-order chi connectivity index (χ1) is 14.8. The summed E-state index contributed by atoms with van der Waals surface area (Å²) in [5.74, 6) is -1.21. The minimum atomic E-state index is -1.66. The molecule has 0 radical (unpaired) electrons. The number of amides is 1. The van der Waals surface area contributed by atoms with E-state index in [0.717, 1.165) is 0 Å². The van der Waals surface area contributed by atoms with Gasteiger partial charge in [-0.25, -0.2) is 4.39 Å². The van der Waals surface area contributed by atoms with Crippen LogP contribution in [-0.4, -0.2) is 38.1 Å². The van der Waals surface area contributed by atoms with E-state index < -0.39 is 28.4 Å². The summed E-state index contributed by atoms with van der Waals surface area (Å²) in [4.78, 5) is 27.1. The summed E-state index contributed by atoms with van der Waals surface area (Å²) < 4.78 is 29.8. The molecule has 3 rings (SSSR count). The number of nitrogens with one attached hydrogen (secondary N) is 1.